The lowest BCUT2D eigenvalue weighted by atomic mass is 9.76. The highest BCUT2D eigenvalue weighted by Crippen LogP contribution is 2.56. The first-order valence-electron chi connectivity index (χ1n) is 10.2. The Labute approximate surface area is 232 Å². The number of hydrogen-bond acceptors (Lipinski definition) is 5. The third kappa shape index (κ3) is 4.08. The predicted octanol–water partition coefficient (Wildman–Crippen LogP) is 4.01. The second-order valence-electron chi connectivity index (χ2n) is 8.53. The van der Waals surface area contributed by atoms with E-state index in [0.717, 1.165) is 11.0 Å². The SMILES string of the molecule is COc1cccn2c(=O)n(-c3cccc(B4OC(C)(C)C(C)(C(I)(I)I)O4)c3C)c(=O)cc12. The summed E-state index contributed by atoms with van der Waals surface area (Å²) in [7, 11) is 0.869. The highest BCUT2D eigenvalue weighted by molar-refractivity contribution is 14.3. The third-order valence-corrected chi connectivity index (χ3v) is 9.46. The van der Waals surface area contributed by atoms with Gasteiger partial charge in [-0.15, -0.1) is 0 Å². The van der Waals surface area contributed by atoms with Gasteiger partial charge >= 0.3 is 12.8 Å². The fourth-order valence-corrected chi connectivity index (χ4v) is 6.35. The van der Waals surface area contributed by atoms with Crippen molar-refractivity contribution in [3.8, 4) is 11.4 Å². The average molecular weight is 786 g/mol. The topological polar surface area (TPSA) is 71.2 Å². The van der Waals surface area contributed by atoms with Crippen LogP contribution < -0.4 is 21.4 Å². The van der Waals surface area contributed by atoms with Gasteiger partial charge in [-0.2, -0.15) is 0 Å². The molecule has 33 heavy (non-hydrogen) atoms. The number of ether oxygens (including phenoxy) is 1. The molecular formula is C22H22BI3N2O5. The number of benzene rings is 1. The Kier molecular flexibility index (Phi) is 6.77. The summed E-state index contributed by atoms with van der Waals surface area (Å²) < 4.78 is 20.5. The Morgan fingerprint density at radius 3 is 2.36 bits per heavy atom. The maximum atomic E-state index is 13.3. The van der Waals surface area contributed by atoms with Gasteiger partial charge in [0, 0.05) is 12.3 Å². The van der Waals surface area contributed by atoms with E-state index in [9.17, 15) is 9.59 Å². The molecule has 1 atom stereocenters. The van der Waals surface area contributed by atoms with Crippen LogP contribution in [-0.2, 0) is 9.31 Å². The molecule has 174 valence electrons. The van der Waals surface area contributed by atoms with Gasteiger partial charge in [0.05, 0.1) is 23.9 Å². The normalized spacial score (nSPS) is 20.4. The van der Waals surface area contributed by atoms with Crippen LogP contribution >= 0.6 is 67.8 Å². The number of halogens is 3. The highest BCUT2D eigenvalue weighted by atomic mass is 127. The Bertz CT molecular complexity index is 1360. The molecule has 0 radical (unpaired) electrons. The predicted molar refractivity (Wildman–Crippen MR) is 155 cm³/mol. The van der Waals surface area contributed by atoms with Gasteiger partial charge < -0.3 is 14.0 Å². The van der Waals surface area contributed by atoms with Gasteiger partial charge in [-0.1, -0.05) is 79.9 Å². The monoisotopic (exact) mass is 786 g/mol. The van der Waals surface area contributed by atoms with Crippen molar-refractivity contribution >= 4 is 85.9 Å². The number of methoxy groups -OCH3 is 1. The van der Waals surface area contributed by atoms with Crippen molar-refractivity contribution in [1.29, 1.82) is 0 Å². The van der Waals surface area contributed by atoms with E-state index in [1.807, 2.05) is 39.8 Å². The molecule has 0 amide bonds. The van der Waals surface area contributed by atoms with E-state index < -0.39 is 29.6 Å². The lowest BCUT2D eigenvalue weighted by Gasteiger charge is -2.42. The first-order valence-corrected chi connectivity index (χ1v) is 13.4. The zero-order valence-electron chi connectivity index (χ0n) is 18.7. The van der Waals surface area contributed by atoms with Gasteiger partial charge in [0.25, 0.3) is 5.56 Å². The van der Waals surface area contributed by atoms with Crippen LogP contribution in [0.5, 0.6) is 5.75 Å². The Morgan fingerprint density at radius 1 is 1.06 bits per heavy atom. The molecule has 0 aliphatic carbocycles. The van der Waals surface area contributed by atoms with Gasteiger partial charge in [-0.05, 0) is 56.9 Å². The van der Waals surface area contributed by atoms with Crippen molar-refractivity contribution in [2.75, 3.05) is 7.11 Å². The van der Waals surface area contributed by atoms with Crippen LogP contribution in [0.15, 0.2) is 52.2 Å². The molecule has 7 nitrogen and oxygen atoms in total. The van der Waals surface area contributed by atoms with Crippen LogP contribution in [0.4, 0.5) is 0 Å². The molecule has 1 aromatic carbocycles. The second kappa shape index (κ2) is 8.78. The van der Waals surface area contributed by atoms with Crippen molar-refractivity contribution in [3.63, 3.8) is 0 Å². The smallest absolute Gasteiger partial charge is 0.495 e. The molecule has 3 heterocycles. The summed E-state index contributed by atoms with van der Waals surface area (Å²) in [5.74, 6) is 0.457. The summed E-state index contributed by atoms with van der Waals surface area (Å²) in [5.41, 5.74) is 0.357. The molecule has 0 bridgehead atoms. The van der Waals surface area contributed by atoms with Crippen LogP contribution in [0.2, 0.25) is 0 Å². The van der Waals surface area contributed by atoms with E-state index in [2.05, 4.69) is 67.8 Å². The number of fused-ring (bicyclic) bond motifs is 1. The number of alkyl halides is 3. The number of rotatable bonds is 4. The first kappa shape index (κ1) is 25.4. The van der Waals surface area contributed by atoms with Gasteiger partial charge in [0.1, 0.15) is 11.4 Å². The lowest BCUT2D eigenvalue weighted by molar-refractivity contribution is 0.00631. The van der Waals surface area contributed by atoms with Gasteiger partial charge in [-0.3, -0.25) is 9.20 Å². The molecule has 1 fully saturated rings. The van der Waals surface area contributed by atoms with E-state index >= 15 is 0 Å². The Hall–Kier alpha value is -0.645. The molecule has 0 N–H and O–H groups in total. The zero-order valence-corrected chi connectivity index (χ0v) is 25.2. The van der Waals surface area contributed by atoms with Gasteiger partial charge in [-0.25, -0.2) is 9.36 Å². The van der Waals surface area contributed by atoms with E-state index in [4.69, 9.17) is 14.0 Å². The van der Waals surface area contributed by atoms with Crippen LogP contribution in [0.25, 0.3) is 11.2 Å². The molecule has 0 saturated carbocycles. The number of aromatic nitrogens is 2. The summed E-state index contributed by atoms with van der Waals surface area (Å²) in [4.78, 5) is 26.4. The van der Waals surface area contributed by atoms with Crippen molar-refractivity contribution in [2.24, 2.45) is 0 Å². The summed E-state index contributed by atoms with van der Waals surface area (Å²) >= 11 is 7.10. The fraction of sp³-hybridized carbons (Fsp3) is 0.364. The molecule has 1 aliphatic rings. The molecule has 1 unspecified atom stereocenters. The fourth-order valence-electron chi connectivity index (χ4n) is 4.02. The molecule has 3 aromatic rings. The number of nitrogens with zero attached hydrogens (tertiary/aromatic N) is 2. The minimum Gasteiger partial charge on any atom is -0.495 e. The van der Waals surface area contributed by atoms with Crippen molar-refractivity contribution in [2.45, 2.75) is 38.3 Å². The second-order valence-corrected chi connectivity index (χ2v) is 19.6. The van der Waals surface area contributed by atoms with Crippen LogP contribution in [-0.4, -0.2) is 33.8 Å². The minimum atomic E-state index is -0.636. The van der Waals surface area contributed by atoms with Crippen LogP contribution in [0.3, 0.4) is 0 Å². The molecule has 4 rings (SSSR count). The third-order valence-electron chi connectivity index (χ3n) is 6.37. The van der Waals surface area contributed by atoms with E-state index in [1.54, 1.807) is 24.4 Å². The summed E-state index contributed by atoms with van der Waals surface area (Å²) in [6, 6.07) is 10.3. The molecule has 11 heteroatoms. The quantitative estimate of drug-likeness (QED) is 0.228. The highest BCUT2D eigenvalue weighted by Gasteiger charge is 2.62. The number of hydrogen-bond donors (Lipinski definition) is 0. The van der Waals surface area contributed by atoms with E-state index in [1.165, 1.54) is 22.1 Å². The van der Waals surface area contributed by atoms with Gasteiger partial charge in [0.2, 0.25) is 0 Å². The maximum absolute atomic E-state index is 13.3. The standard InChI is InChI=1S/C22H22BI3N2O5/c1-13-14(23-32-20(2,3)21(4,33-23)22(24,25)26)8-6-9-15(13)28-18(29)12-16-17(31-5)10-7-11-27(16)19(28)30/h6-12H,1-5H3. The van der Waals surface area contributed by atoms with Crippen LogP contribution in [0, 0.1) is 6.92 Å². The maximum Gasteiger partial charge on any atom is 0.495 e. The Balaban J connectivity index is 1.87. The minimum absolute atomic E-state index is 0.267. The van der Waals surface area contributed by atoms with E-state index in [-0.39, 0.29) is -0.565 Å². The molecule has 2 aromatic heterocycles. The van der Waals surface area contributed by atoms with Crippen LogP contribution in [0.1, 0.15) is 26.3 Å². The zero-order chi connectivity index (χ0) is 24.3. The first-order chi connectivity index (χ1) is 15.3. The molecule has 0 spiro atoms. The summed E-state index contributed by atoms with van der Waals surface area (Å²) in [5, 5.41) is 0. The van der Waals surface area contributed by atoms with Crippen molar-refractivity contribution in [3.05, 3.63) is 69.0 Å². The Morgan fingerprint density at radius 2 is 1.76 bits per heavy atom. The average Bonchev–Trinajstić information content (AvgIpc) is 2.98. The van der Waals surface area contributed by atoms with E-state index in [0.29, 0.717) is 17.0 Å². The lowest BCUT2D eigenvalue weighted by Crippen LogP contribution is -2.53. The van der Waals surface area contributed by atoms with Crippen molar-refractivity contribution < 1.29 is 14.0 Å². The summed E-state index contributed by atoms with van der Waals surface area (Å²) in [6.07, 6.45) is 1.62. The summed E-state index contributed by atoms with van der Waals surface area (Å²) in [6.45, 7) is 7.96. The number of pyridine rings is 1. The van der Waals surface area contributed by atoms with Crippen molar-refractivity contribution in [1.82, 2.24) is 8.97 Å². The largest absolute Gasteiger partial charge is 0.495 e. The molecular weight excluding hydrogens is 764 g/mol. The van der Waals surface area contributed by atoms with Gasteiger partial charge in [0.15, 0.2) is -0.565 Å². The molecule has 1 saturated heterocycles. The molecule has 1 aliphatic heterocycles.